The van der Waals surface area contributed by atoms with Crippen molar-refractivity contribution in [1.29, 1.82) is 0 Å². The second-order valence-electron chi connectivity index (χ2n) is 6.71. The lowest BCUT2D eigenvalue weighted by Crippen LogP contribution is -2.29. The van der Waals surface area contributed by atoms with Crippen LogP contribution in [0.5, 0.6) is 0 Å². The van der Waals surface area contributed by atoms with Crippen LogP contribution in [-0.2, 0) is 11.3 Å². The number of amides is 1. The van der Waals surface area contributed by atoms with E-state index in [-0.39, 0.29) is 11.9 Å². The zero-order valence-electron chi connectivity index (χ0n) is 16.1. The van der Waals surface area contributed by atoms with Gasteiger partial charge in [0, 0.05) is 37.1 Å². The second kappa shape index (κ2) is 8.83. The first-order valence-corrected chi connectivity index (χ1v) is 10.4. The van der Waals surface area contributed by atoms with Crippen molar-refractivity contribution in [3.63, 3.8) is 0 Å². The van der Waals surface area contributed by atoms with Crippen molar-refractivity contribution in [3.05, 3.63) is 66.6 Å². The van der Waals surface area contributed by atoms with Crippen LogP contribution in [0.15, 0.2) is 66.6 Å². The van der Waals surface area contributed by atoms with Gasteiger partial charge in [-0.2, -0.15) is 10.2 Å². The lowest BCUT2D eigenvalue weighted by Gasteiger charge is -2.13. The van der Waals surface area contributed by atoms with E-state index in [2.05, 4.69) is 26.6 Å². The minimum Gasteiger partial charge on any atom is -0.354 e. The topological polar surface area (TPSA) is 77.6 Å². The highest BCUT2D eigenvalue weighted by atomic mass is 32.1. The zero-order valence-corrected chi connectivity index (χ0v) is 16.9. The van der Waals surface area contributed by atoms with Crippen LogP contribution in [0, 0.1) is 0 Å². The van der Waals surface area contributed by atoms with E-state index in [1.807, 2.05) is 59.7 Å². The first kappa shape index (κ1) is 19.1. The van der Waals surface area contributed by atoms with Crippen LogP contribution in [0.25, 0.3) is 21.8 Å². The molecule has 0 bridgehead atoms. The molecule has 0 spiro atoms. The number of rotatable bonds is 8. The van der Waals surface area contributed by atoms with Gasteiger partial charge in [0.05, 0.1) is 35.0 Å². The molecule has 7 nitrogen and oxygen atoms in total. The summed E-state index contributed by atoms with van der Waals surface area (Å²) in [4.78, 5) is 17.9. The van der Waals surface area contributed by atoms with Crippen LogP contribution >= 0.6 is 11.3 Å². The Balaban J connectivity index is 1.44. The van der Waals surface area contributed by atoms with Gasteiger partial charge in [-0.05, 0) is 36.6 Å². The zero-order chi connectivity index (χ0) is 20.1. The molecule has 4 heterocycles. The largest absolute Gasteiger partial charge is 0.354 e. The second-order valence-corrected chi connectivity index (χ2v) is 7.66. The number of nitrogens with one attached hydrogen (secondary N) is 1. The van der Waals surface area contributed by atoms with Crippen molar-refractivity contribution in [2.75, 3.05) is 6.54 Å². The Hall–Kier alpha value is -3.26. The van der Waals surface area contributed by atoms with E-state index in [1.165, 1.54) is 0 Å². The molecule has 0 aliphatic rings. The van der Waals surface area contributed by atoms with Crippen molar-refractivity contribution in [1.82, 2.24) is 29.9 Å². The summed E-state index contributed by atoms with van der Waals surface area (Å²) >= 11 is 1.66. The first-order valence-electron chi connectivity index (χ1n) is 9.49. The number of hydrogen-bond acceptors (Lipinski definition) is 5. The van der Waals surface area contributed by atoms with Gasteiger partial charge in [0.2, 0.25) is 5.91 Å². The molecule has 1 N–H and O–H groups in total. The van der Waals surface area contributed by atoms with Crippen molar-refractivity contribution < 1.29 is 4.79 Å². The lowest BCUT2D eigenvalue weighted by atomic mass is 10.1. The maximum absolute atomic E-state index is 12.3. The predicted molar refractivity (Wildman–Crippen MR) is 113 cm³/mol. The molecule has 0 saturated carbocycles. The fourth-order valence-corrected chi connectivity index (χ4v) is 4.00. The van der Waals surface area contributed by atoms with Crippen LogP contribution in [0.3, 0.4) is 0 Å². The van der Waals surface area contributed by atoms with Gasteiger partial charge in [0.25, 0.3) is 0 Å². The molecule has 0 aliphatic carbocycles. The summed E-state index contributed by atoms with van der Waals surface area (Å²) in [6.07, 6.45) is 7.61. The smallest absolute Gasteiger partial charge is 0.222 e. The highest BCUT2D eigenvalue weighted by molar-refractivity contribution is 7.13. The highest BCUT2D eigenvalue weighted by Gasteiger charge is 2.17. The molecule has 4 rings (SSSR count). The van der Waals surface area contributed by atoms with Gasteiger partial charge in [0.15, 0.2) is 0 Å². The normalized spacial score (nSPS) is 12.0. The molecular weight excluding hydrogens is 384 g/mol. The van der Waals surface area contributed by atoms with Crippen molar-refractivity contribution >= 4 is 17.2 Å². The maximum Gasteiger partial charge on any atom is 0.222 e. The molecule has 0 unspecified atom stereocenters. The Bertz CT molecular complexity index is 1040. The van der Waals surface area contributed by atoms with Gasteiger partial charge in [-0.25, -0.2) is 0 Å². The van der Waals surface area contributed by atoms with E-state index in [0.29, 0.717) is 19.5 Å². The number of carbonyl (C=O) groups excluding carboxylic acids is 1. The number of nitrogens with zero attached hydrogens (tertiary/aromatic N) is 5. The molecule has 8 heteroatoms. The predicted octanol–water partition coefficient (Wildman–Crippen LogP) is 3.64. The first-order chi connectivity index (χ1) is 14.2. The van der Waals surface area contributed by atoms with Gasteiger partial charge in [-0.15, -0.1) is 11.3 Å². The van der Waals surface area contributed by atoms with Crippen LogP contribution < -0.4 is 5.32 Å². The molecule has 0 saturated heterocycles. The molecule has 0 aliphatic heterocycles. The molecule has 29 heavy (non-hydrogen) atoms. The molecule has 4 aromatic heterocycles. The monoisotopic (exact) mass is 406 g/mol. The summed E-state index contributed by atoms with van der Waals surface area (Å²) < 4.78 is 3.73. The summed E-state index contributed by atoms with van der Waals surface area (Å²) in [5.41, 5.74) is 2.91. The summed E-state index contributed by atoms with van der Waals surface area (Å²) in [7, 11) is 0. The maximum atomic E-state index is 12.3. The quantitative estimate of drug-likeness (QED) is 0.485. The fourth-order valence-electron chi connectivity index (χ4n) is 3.21. The molecule has 4 aromatic rings. The highest BCUT2D eigenvalue weighted by Crippen LogP contribution is 2.33. The molecule has 0 fully saturated rings. The van der Waals surface area contributed by atoms with Gasteiger partial charge in [-0.1, -0.05) is 12.1 Å². The van der Waals surface area contributed by atoms with Crippen LogP contribution in [0.4, 0.5) is 0 Å². The van der Waals surface area contributed by atoms with Crippen molar-refractivity contribution in [2.45, 2.75) is 25.9 Å². The van der Waals surface area contributed by atoms with Crippen LogP contribution in [0.1, 0.15) is 19.4 Å². The van der Waals surface area contributed by atoms with E-state index < -0.39 is 0 Å². The fraction of sp³-hybridized carbons (Fsp3) is 0.238. The van der Waals surface area contributed by atoms with E-state index >= 15 is 0 Å². The number of aromatic nitrogens is 5. The standard InChI is InChI=1S/C21H22N6OS/c1-16(26-11-5-9-24-26)14-20(28)23-10-12-27-21(19-7-4-13-29-19)17(15-25-27)18-6-2-3-8-22-18/h2-9,11,13,15-16H,10,12,14H2,1H3,(H,23,28)/t16-/m0/s1. The minimum atomic E-state index is 0.00257. The van der Waals surface area contributed by atoms with Crippen LogP contribution in [-0.4, -0.2) is 37.0 Å². The average molecular weight is 407 g/mol. The molecule has 0 aromatic carbocycles. The van der Waals surface area contributed by atoms with Crippen molar-refractivity contribution in [3.8, 4) is 21.8 Å². The Labute approximate surface area is 173 Å². The lowest BCUT2D eigenvalue weighted by molar-refractivity contribution is -0.121. The number of pyridine rings is 1. The molecule has 148 valence electrons. The average Bonchev–Trinajstić information content (AvgIpc) is 3.49. The van der Waals surface area contributed by atoms with Crippen LogP contribution in [0.2, 0.25) is 0 Å². The number of thiophene rings is 1. The summed E-state index contributed by atoms with van der Waals surface area (Å²) in [6, 6.07) is 11.8. The SMILES string of the molecule is C[C@@H](CC(=O)NCCn1ncc(-c2ccccn2)c1-c1cccs1)n1cccn1. The van der Waals surface area contributed by atoms with E-state index in [0.717, 1.165) is 21.8 Å². The summed E-state index contributed by atoms with van der Waals surface area (Å²) in [5.74, 6) is 0.00257. The van der Waals surface area contributed by atoms with Gasteiger partial charge in [0.1, 0.15) is 0 Å². The summed E-state index contributed by atoms with van der Waals surface area (Å²) in [6.45, 7) is 3.07. The van der Waals surface area contributed by atoms with E-state index in [9.17, 15) is 4.79 Å². The molecular formula is C21H22N6OS. The third kappa shape index (κ3) is 4.43. The Morgan fingerprint density at radius 1 is 1.17 bits per heavy atom. The number of hydrogen-bond donors (Lipinski definition) is 1. The van der Waals surface area contributed by atoms with E-state index in [1.54, 1.807) is 28.4 Å². The summed E-state index contributed by atoms with van der Waals surface area (Å²) in [5, 5.41) is 13.8. The third-order valence-corrected chi connectivity index (χ3v) is 5.51. The van der Waals surface area contributed by atoms with Gasteiger partial charge in [-0.3, -0.25) is 19.1 Å². The Kier molecular flexibility index (Phi) is 5.81. The Morgan fingerprint density at radius 2 is 2.10 bits per heavy atom. The Morgan fingerprint density at radius 3 is 2.83 bits per heavy atom. The third-order valence-electron chi connectivity index (χ3n) is 4.64. The molecule has 1 amide bonds. The molecule has 0 radical (unpaired) electrons. The van der Waals surface area contributed by atoms with Crippen molar-refractivity contribution in [2.24, 2.45) is 0 Å². The minimum absolute atomic E-state index is 0.00257. The number of carbonyl (C=O) groups is 1. The van der Waals surface area contributed by atoms with Gasteiger partial charge < -0.3 is 5.32 Å². The molecule has 1 atom stereocenters. The van der Waals surface area contributed by atoms with E-state index in [4.69, 9.17) is 0 Å². The van der Waals surface area contributed by atoms with Gasteiger partial charge >= 0.3 is 0 Å².